The Morgan fingerprint density at radius 1 is 1.07 bits per heavy atom. The Bertz CT molecular complexity index is 1940. The van der Waals surface area contributed by atoms with Gasteiger partial charge in [-0.1, -0.05) is 53.9 Å². The minimum absolute atomic E-state index is 0.0270. The molecule has 0 radical (unpaired) electrons. The Morgan fingerprint density at radius 3 is 2.66 bits per heavy atom. The second-order valence-electron chi connectivity index (χ2n) is 10.6. The quantitative estimate of drug-likeness (QED) is 0.254. The van der Waals surface area contributed by atoms with E-state index < -0.39 is 17.4 Å². The molecule has 44 heavy (non-hydrogen) atoms. The van der Waals surface area contributed by atoms with Crippen molar-refractivity contribution >= 4 is 34.8 Å². The van der Waals surface area contributed by atoms with Crippen molar-refractivity contribution in [3.8, 4) is 28.1 Å². The molecule has 0 unspecified atom stereocenters. The first-order valence-corrected chi connectivity index (χ1v) is 14.6. The third-order valence-corrected chi connectivity index (χ3v) is 8.20. The third kappa shape index (κ3) is 5.73. The monoisotopic (exact) mass is 633 g/mol. The summed E-state index contributed by atoms with van der Waals surface area (Å²) in [6.07, 6.45) is 6.11. The molecule has 10 nitrogen and oxygen atoms in total. The maximum atomic E-state index is 15.4. The van der Waals surface area contributed by atoms with Crippen LogP contribution in [0.4, 0.5) is 10.1 Å². The van der Waals surface area contributed by atoms with Crippen LogP contribution in [-0.2, 0) is 11.4 Å². The maximum Gasteiger partial charge on any atom is 0.254 e. The van der Waals surface area contributed by atoms with Gasteiger partial charge in [0.05, 0.1) is 52.8 Å². The fraction of sp³-hybridized carbons (Fsp3) is 0.226. The average Bonchev–Trinajstić information content (AvgIpc) is 3.46. The number of anilines is 1. The van der Waals surface area contributed by atoms with Crippen LogP contribution in [0.25, 0.3) is 28.1 Å². The molecule has 2 aromatic carbocycles. The van der Waals surface area contributed by atoms with Crippen LogP contribution < -0.4 is 10.9 Å². The van der Waals surface area contributed by atoms with E-state index in [0.29, 0.717) is 36.2 Å². The van der Waals surface area contributed by atoms with Gasteiger partial charge in [0.1, 0.15) is 0 Å². The van der Waals surface area contributed by atoms with Crippen molar-refractivity contribution in [1.82, 2.24) is 29.5 Å². The van der Waals surface area contributed by atoms with Crippen LogP contribution in [-0.4, -0.2) is 40.5 Å². The topological polar surface area (TPSA) is 128 Å². The van der Waals surface area contributed by atoms with Gasteiger partial charge in [0, 0.05) is 29.4 Å². The standard InChI is InChI=1S/C31H26Cl2FN7O3/c1-17-3-2-4-25(23-12-19(9-10-35-23)20-6-5-18(15-42)11-22(20)37-31(17)44)40-16-36-24(13-28(40)43)29-26(8-7-21(32)30(29)34)41-14-27(33)38-39-41/h5-14,16-17,25,42H,2-4,15H2,1H3,(H,37,44)/t17-,25+/m1/s1. The lowest BCUT2D eigenvalue weighted by Crippen LogP contribution is -2.27. The molecule has 0 fully saturated rings. The Hall–Kier alpha value is -4.45. The molecule has 1 aliphatic rings. The first-order valence-electron chi connectivity index (χ1n) is 13.9. The number of amides is 1. The van der Waals surface area contributed by atoms with Crippen molar-refractivity contribution in [3.63, 3.8) is 0 Å². The molecule has 224 valence electrons. The Morgan fingerprint density at radius 2 is 1.91 bits per heavy atom. The summed E-state index contributed by atoms with van der Waals surface area (Å²) < 4.78 is 18.2. The van der Waals surface area contributed by atoms with E-state index in [0.717, 1.165) is 11.1 Å². The van der Waals surface area contributed by atoms with Crippen LogP contribution in [0, 0.1) is 11.7 Å². The summed E-state index contributed by atoms with van der Waals surface area (Å²) in [5.74, 6) is -1.21. The van der Waals surface area contributed by atoms with Crippen LogP contribution in [0.15, 0.2) is 72.0 Å². The summed E-state index contributed by atoms with van der Waals surface area (Å²) in [5, 5.41) is 20.3. The van der Waals surface area contributed by atoms with Gasteiger partial charge in [-0.3, -0.25) is 19.1 Å². The molecule has 0 spiro atoms. The highest BCUT2D eigenvalue weighted by molar-refractivity contribution is 6.31. The minimum Gasteiger partial charge on any atom is -0.392 e. The molecule has 2 atom stereocenters. The van der Waals surface area contributed by atoms with Gasteiger partial charge >= 0.3 is 0 Å². The van der Waals surface area contributed by atoms with Crippen LogP contribution >= 0.6 is 23.2 Å². The lowest BCUT2D eigenvalue weighted by Gasteiger charge is -2.23. The molecule has 0 saturated heterocycles. The van der Waals surface area contributed by atoms with Crippen LogP contribution in [0.2, 0.25) is 10.2 Å². The smallest absolute Gasteiger partial charge is 0.254 e. The lowest BCUT2D eigenvalue weighted by atomic mass is 9.95. The number of nitrogens with one attached hydrogen (secondary N) is 1. The van der Waals surface area contributed by atoms with E-state index >= 15 is 4.39 Å². The SMILES string of the molecule is C[C@@H]1CCC[C@H](n2cnc(-c3c(-n4cc(Cl)nn4)ccc(Cl)c3F)cc2=O)c2cc(ccn2)-c2ccc(CO)cc2NC1=O. The van der Waals surface area contributed by atoms with E-state index in [2.05, 4.69) is 25.6 Å². The van der Waals surface area contributed by atoms with Crippen molar-refractivity contribution in [2.45, 2.75) is 38.8 Å². The second kappa shape index (κ2) is 12.3. The molecule has 2 N–H and O–H groups in total. The molecule has 2 bridgehead atoms. The highest BCUT2D eigenvalue weighted by Crippen LogP contribution is 2.35. The Kier molecular flexibility index (Phi) is 8.26. The molecular weight excluding hydrogens is 608 g/mol. The van der Waals surface area contributed by atoms with Gasteiger partial charge in [-0.25, -0.2) is 14.1 Å². The van der Waals surface area contributed by atoms with Crippen molar-refractivity contribution in [3.05, 3.63) is 105 Å². The number of benzene rings is 2. The predicted molar refractivity (Wildman–Crippen MR) is 164 cm³/mol. The molecule has 0 aliphatic carbocycles. The number of nitrogens with zero attached hydrogens (tertiary/aromatic N) is 6. The molecule has 3 aromatic heterocycles. The van der Waals surface area contributed by atoms with Crippen LogP contribution in [0.3, 0.4) is 0 Å². The van der Waals surface area contributed by atoms with E-state index in [1.807, 2.05) is 25.1 Å². The van der Waals surface area contributed by atoms with E-state index in [1.165, 1.54) is 33.9 Å². The number of rotatable bonds is 4. The number of carbonyl (C=O) groups is 1. The van der Waals surface area contributed by atoms with Gasteiger partial charge < -0.3 is 10.4 Å². The third-order valence-electron chi connectivity index (χ3n) is 7.73. The van der Waals surface area contributed by atoms with Gasteiger partial charge in [0.25, 0.3) is 5.56 Å². The predicted octanol–water partition coefficient (Wildman–Crippen LogP) is 5.84. The summed E-state index contributed by atoms with van der Waals surface area (Å²) >= 11 is 12.1. The number of carbonyl (C=O) groups excluding carboxylic acids is 1. The second-order valence-corrected chi connectivity index (χ2v) is 11.4. The van der Waals surface area contributed by atoms with E-state index in [4.69, 9.17) is 23.2 Å². The maximum absolute atomic E-state index is 15.4. The molecule has 13 heteroatoms. The van der Waals surface area contributed by atoms with Gasteiger partial charge in [-0.2, -0.15) is 0 Å². The number of aromatic nitrogens is 6. The molecule has 5 aromatic rings. The fourth-order valence-corrected chi connectivity index (χ4v) is 5.68. The van der Waals surface area contributed by atoms with Gasteiger partial charge in [0.15, 0.2) is 11.0 Å². The van der Waals surface area contributed by atoms with Crippen LogP contribution in [0.5, 0.6) is 0 Å². The molecular formula is C31H26Cl2FN7O3. The van der Waals surface area contributed by atoms with E-state index in [-0.39, 0.29) is 45.6 Å². The molecule has 6 rings (SSSR count). The first kappa shape index (κ1) is 29.6. The molecule has 0 saturated carbocycles. The number of hydrogen-bond donors (Lipinski definition) is 2. The Balaban J connectivity index is 1.45. The van der Waals surface area contributed by atoms with Crippen molar-refractivity contribution in [2.75, 3.05) is 5.32 Å². The first-order chi connectivity index (χ1) is 21.2. The largest absolute Gasteiger partial charge is 0.392 e. The summed E-state index contributed by atoms with van der Waals surface area (Å²) in [6.45, 7) is 1.69. The van der Waals surface area contributed by atoms with Crippen molar-refractivity contribution in [2.24, 2.45) is 5.92 Å². The zero-order chi connectivity index (χ0) is 31.0. The number of hydrogen-bond acceptors (Lipinski definition) is 7. The number of pyridine rings is 1. The van der Waals surface area contributed by atoms with Gasteiger partial charge in [-0.05, 0) is 54.3 Å². The summed E-state index contributed by atoms with van der Waals surface area (Å²) in [5.41, 5.74) is 3.27. The average molecular weight is 634 g/mol. The molecule has 1 aliphatic heterocycles. The number of aliphatic hydroxyl groups excluding tert-OH is 1. The molecule has 1 amide bonds. The van der Waals surface area contributed by atoms with E-state index in [9.17, 15) is 14.7 Å². The highest BCUT2D eigenvalue weighted by Gasteiger charge is 2.24. The number of fused-ring (bicyclic) bond motifs is 4. The normalized spacial score (nSPS) is 16.9. The molecule has 4 heterocycles. The Labute approximate surface area is 261 Å². The summed E-state index contributed by atoms with van der Waals surface area (Å²) in [6, 6.07) is 12.7. The zero-order valence-corrected chi connectivity index (χ0v) is 24.9. The van der Waals surface area contributed by atoms with Crippen molar-refractivity contribution in [1.29, 1.82) is 0 Å². The summed E-state index contributed by atoms with van der Waals surface area (Å²) in [4.78, 5) is 35.9. The van der Waals surface area contributed by atoms with Crippen LogP contribution in [0.1, 0.15) is 43.5 Å². The number of halogens is 3. The van der Waals surface area contributed by atoms with Crippen molar-refractivity contribution < 1.29 is 14.3 Å². The van der Waals surface area contributed by atoms with E-state index in [1.54, 1.807) is 24.4 Å². The number of aliphatic hydroxyl groups is 1. The zero-order valence-electron chi connectivity index (χ0n) is 23.4. The van der Waals surface area contributed by atoms with Gasteiger partial charge in [0.2, 0.25) is 5.91 Å². The van der Waals surface area contributed by atoms with Gasteiger partial charge in [-0.15, -0.1) is 5.10 Å². The summed E-state index contributed by atoms with van der Waals surface area (Å²) in [7, 11) is 0. The minimum atomic E-state index is -0.768. The highest BCUT2D eigenvalue weighted by atomic mass is 35.5. The lowest BCUT2D eigenvalue weighted by molar-refractivity contribution is -0.119. The fourth-order valence-electron chi connectivity index (χ4n) is 5.39.